The van der Waals surface area contributed by atoms with Crippen LogP contribution < -0.4 is 10.6 Å². The predicted molar refractivity (Wildman–Crippen MR) is 116 cm³/mol. The van der Waals surface area contributed by atoms with Crippen molar-refractivity contribution in [1.82, 2.24) is 20.1 Å². The van der Waals surface area contributed by atoms with Crippen LogP contribution in [0.1, 0.15) is 29.4 Å². The number of aryl methyl sites for hydroxylation is 1. The first-order valence-corrected chi connectivity index (χ1v) is 11.1. The van der Waals surface area contributed by atoms with E-state index in [9.17, 15) is 9.59 Å². The van der Waals surface area contributed by atoms with E-state index < -0.39 is 0 Å². The fourth-order valence-corrected chi connectivity index (χ4v) is 4.05. The Labute approximate surface area is 176 Å². The molecule has 29 heavy (non-hydrogen) atoms. The summed E-state index contributed by atoms with van der Waals surface area (Å²) in [6, 6.07) is 10.3. The van der Waals surface area contributed by atoms with E-state index in [-0.39, 0.29) is 11.8 Å². The van der Waals surface area contributed by atoms with Crippen molar-refractivity contribution in [3.63, 3.8) is 0 Å². The lowest BCUT2D eigenvalue weighted by Crippen LogP contribution is -2.51. The van der Waals surface area contributed by atoms with Crippen LogP contribution in [0.5, 0.6) is 0 Å². The van der Waals surface area contributed by atoms with Crippen LogP contribution in [0.15, 0.2) is 35.7 Å². The number of nitrogens with zero attached hydrogens (tertiary/aromatic N) is 3. The number of nitrogens with one attached hydrogen (secondary N) is 2. The molecule has 0 atom stereocenters. The summed E-state index contributed by atoms with van der Waals surface area (Å²) in [4.78, 5) is 33.0. The highest BCUT2D eigenvalue weighted by molar-refractivity contribution is 7.13. The molecule has 0 spiro atoms. The van der Waals surface area contributed by atoms with Crippen LogP contribution in [0.25, 0.3) is 0 Å². The molecule has 3 rings (SSSR count). The fraction of sp³-hybridized carbons (Fsp3) is 0.476. The molecule has 8 heteroatoms. The standard InChI is InChI=1S/C21H29N5O2S/c1-2-22-21-24-18(16-29-21)20(28)26-13-11-25(12-14-26)15-19(27)23-10-6-9-17-7-4-3-5-8-17/h3-5,7-8,16H,2,6,9-15H2,1H3,(H,22,24)(H,23,27). The molecule has 156 valence electrons. The number of carbonyl (C=O) groups is 2. The Bertz CT molecular complexity index is 787. The number of amides is 2. The summed E-state index contributed by atoms with van der Waals surface area (Å²) in [7, 11) is 0. The first-order valence-electron chi connectivity index (χ1n) is 10.2. The maximum atomic E-state index is 12.6. The van der Waals surface area contributed by atoms with Gasteiger partial charge in [0.2, 0.25) is 5.91 Å². The molecule has 2 aromatic rings. The minimum absolute atomic E-state index is 0.0320. The molecule has 1 fully saturated rings. The summed E-state index contributed by atoms with van der Waals surface area (Å²) in [6.07, 6.45) is 1.90. The lowest BCUT2D eigenvalue weighted by Gasteiger charge is -2.33. The number of carbonyl (C=O) groups excluding carboxylic acids is 2. The SMILES string of the molecule is CCNc1nc(C(=O)N2CCN(CC(=O)NCCCc3ccccc3)CC2)cs1. The molecule has 0 unspecified atom stereocenters. The third-order valence-electron chi connectivity index (χ3n) is 4.89. The highest BCUT2D eigenvalue weighted by atomic mass is 32.1. The zero-order valence-electron chi connectivity index (χ0n) is 16.9. The first-order chi connectivity index (χ1) is 14.2. The van der Waals surface area contributed by atoms with Crippen LogP contribution in [-0.4, -0.2) is 72.4 Å². The summed E-state index contributed by atoms with van der Waals surface area (Å²) in [5, 5.41) is 8.70. The number of hydrogen-bond acceptors (Lipinski definition) is 6. The third kappa shape index (κ3) is 6.54. The van der Waals surface area contributed by atoms with E-state index in [1.165, 1.54) is 16.9 Å². The van der Waals surface area contributed by atoms with Crippen molar-refractivity contribution in [2.24, 2.45) is 0 Å². The summed E-state index contributed by atoms with van der Waals surface area (Å²) in [5.74, 6) is 0.0167. The molecule has 1 aromatic carbocycles. The molecule has 1 saturated heterocycles. The first kappa shape index (κ1) is 21.3. The van der Waals surface area contributed by atoms with Gasteiger partial charge in [0.1, 0.15) is 5.69 Å². The van der Waals surface area contributed by atoms with E-state index in [0.29, 0.717) is 45.0 Å². The highest BCUT2D eigenvalue weighted by Gasteiger charge is 2.24. The molecule has 0 bridgehead atoms. The lowest BCUT2D eigenvalue weighted by atomic mass is 10.1. The minimum atomic E-state index is -0.0320. The largest absolute Gasteiger partial charge is 0.362 e. The van der Waals surface area contributed by atoms with Gasteiger partial charge < -0.3 is 15.5 Å². The quantitative estimate of drug-likeness (QED) is 0.613. The Morgan fingerprint density at radius 1 is 1.14 bits per heavy atom. The summed E-state index contributed by atoms with van der Waals surface area (Å²) >= 11 is 1.45. The van der Waals surface area contributed by atoms with Crippen molar-refractivity contribution in [2.75, 3.05) is 51.1 Å². The van der Waals surface area contributed by atoms with Gasteiger partial charge in [0.05, 0.1) is 6.54 Å². The Morgan fingerprint density at radius 3 is 2.62 bits per heavy atom. The van der Waals surface area contributed by atoms with E-state index >= 15 is 0 Å². The number of rotatable bonds is 9. The van der Waals surface area contributed by atoms with E-state index in [4.69, 9.17) is 0 Å². The van der Waals surface area contributed by atoms with E-state index in [1.54, 1.807) is 5.38 Å². The maximum Gasteiger partial charge on any atom is 0.273 e. The number of benzene rings is 1. The van der Waals surface area contributed by atoms with Gasteiger partial charge in [-0.1, -0.05) is 30.3 Å². The Balaban J connectivity index is 1.33. The zero-order chi connectivity index (χ0) is 20.5. The molecule has 0 aliphatic carbocycles. The number of piperazine rings is 1. The number of anilines is 1. The van der Waals surface area contributed by atoms with E-state index in [1.807, 2.05) is 30.0 Å². The van der Waals surface area contributed by atoms with Crippen molar-refractivity contribution < 1.29 is 9.59 Å². The van der Waals surface area contributed by atoms with Gasteiger partial charge in [-0.25, -0.2) is 4.98 Å². The second-order valence-corrected chi connectivity index (χ2v) is 7.93. The highest BCUT2D eigenvalue weighted by Crippen LogP contribution is 2.17. The molecule has 1 aromatic heterocycles. The van der Waals surface area contributed by atoms with Crippen LogP contribution in [-0.2, 0) is 11.2 Å². The van der Waals surface area contributed by atoms with E-state index in [2.05, 4.69) is 32.7 Å². The second-order valence-electron chi connectivity index (χ2n) is 7.08. The smallest absolute Gasteiger partial charge is 0.273 e. The van der Waals surface area contributed by atoms with E-state index in [0.717, 1.165) is 24.5 Å². The molecular formula is C21H29N5O2S. The van der Waals surface area contributed by atoms with Gasteiger partial charge in [-0.2, -0.15) is 0 Å². The van der Waals surface area contributed by atoms with Gasteiger partial charge >= 0.3 is 0 Å². The normalized spacial score (nSPS) is 14.6. The Morgan fingerprint density at radius 2 is 1.90 bits per heavy atom. The monoisotopic (exact) mass is 415 g/mol. The summed E-state index contributed by atoms with van der Waals surface area (Å²) < 4.78 is 0. The average Bonchev–Trinajstić information content (AvgIpc) is 3.21. The van der Waals surface area contributed by atoms with Crippen molar-refractivity contribution in [3.8, 4) is 0 Å². The fourth-order valence-electron chi connectivity index (χ4n) is 3.30. The zero-order valence-corrected chi connectivity index (χ0v) is 17.7. The van der Waals surface area contributed by atoms with Crippen LogP contribution in [0.4, 0.5) is 5.13 Å². The van der Waals surface area contributed by atoms with Gasteiger partial charge in [-0.15, -0.1) is 11.3 Å². The third-order valence-corrected chi connectivity index (χ3v) is 5.69. The van der Waals surface area contributed by atoms with Gasteiger partial charge in [0, 0.05) is 44.6 Å². The molecule has 2 amide bonds. The average molecular weight is 416 g/mol. The van der Waals surface area contributed by atoms with Gasteiger partial charge in [0.25, 0.3) is 5.91 Å². The number of aromatic nitrogens is 1. The van der Waals surface area contributed by atoms with Crippen molar-refractivity contribution in [3.05, 3.63) is 47.0 Å². The van der Waals surface area contributed by atoms with Crippen molar-refractivity contribution in [2.45, 2.75) is 19.8 Å². The van der Waals surface area contributed by atoms with Crippen molar-refractivity contribution in [1.29, 1.82) is 0 Å². The maximum absolute atomic E-state index is 12.6. The Hall–Kier alpha value is -2.45. The number of hydrogen-bond donors (Lipinski definition) is 2. The van der Waals surface area contributed by atoms with Crippen LogP contribution in [0.3, 0.4) is 0 Å². The number of thiazole rings is 1. The van der Waals surface area contributed by atoms with Crippen LogP contribution >= 0.6 is 11.3 Å². The molecule has 0 saturated carbocycles. The van der Waals surface area contributed by atoms with Gasteiger partial charge in [-0.3, -0.25) is 14.5 Å². The molecule has 1 aliphatic rings. The second kappa shape index (κ2) is 10.9. The van der Waals surface area contributed by atoms with Gasteiger partial charge in [-0.05, 0) is 25.3 Å². The molecule has 0 radical (unpaired) electrons. The Kier molecular flexibility index (Phi) is 8.01. The van der Waals surface area contributed by atoms with Crippen LogP contribution in [0.2, 0.25) is 0 Å². The van der Waals surface area contributed by atoms with Gasteiger partial charge in [0.15, 0.2) is 5.13 Å². The summed E-state index contributed by atoms with van der Waals surface area (Å²) in [5.41, 5.74) is 1.79. The molecular weight excluding hydrogens is 386 g/mol. The minimum Gasteiger partial charge on any atom is -0.362 e. The molecule has 1 aliphatic heterocycles. The summed E-state index contributed by atoms with van der Waals surface area (Å²) in [6.45, 7) is 6.50. The lowest BCUT2D eigenvalue weighted by molar-refractivity contribution is -0.122. The molecule has 2 heterocycles. The van der Waals surface area contributed by atoms with Crippen molar-refractivity contribution >= 4 is 28.3 Å². The van der Waals surface area contributed by atoms with Crippen LogP contribution in [0, 0.1) is 0 Å². The molecule has 2 N–H and O–H groups in total. The predicted octanol–water partition coefficient (Wildman–Crippen LogP) is 2.08. The topological polar surface area (TPSA) is 77.6 Å². The molecule has 7 nitrogen and oxygen atoms in total.